The quantitative estimate of drug-likeness (QED) is 0.801. The van der Waals surface area contributed by atoms with Gasteiger partial charge < -0.3 is 19.7 Å². The highest BCUT2D eigenvalue weighted by Crippen LogP contribution is 2.32. The molecule has 0 spiro atoms. The first kappa shape index (κ1) is 19.4. The monoisotopic (exact) mass is 397 g/mol. The summed E-state index contributed by atoms with van der Waals surface area (Å²) in [5, 5.41) is 3.25. The molecule has 8 heteroatoms. The van der Waals surface area contributed by atoms with Gasteiger partial charge in [-0.15, -0.1) is 0 Å². The number of anilines is 1. The molecule has 2 aliphatic heterocycles. The summed E-state index contributed by atoms with van der Waals surface area (Å²) in [4.78, 5) is 25.4. The van der Waals surface area contributed by atoms with Crippen LogP contribution in [-0.2, 0) is 6.54 Å². The minimum Gasteiger partial charge on any atom is -0.454 e. The second-order valence-corrected chi connectivity index (χ2v) is 7.82. The number of ether oxygens (including phenoxy) is 2. The molecular weight excluding hydrogens is 370 g/mol. The van der Waals surface area contributed by atoms with Crippen molar-refractivity contribution in [1.82, 2.24) is 19.8 Å². The Morgan fingerprint density at radius 2 is 1.90 bits per heavy atom. The van der Waals surface area contributed by atoms with Crippen LogP contribution < -0.4 is 14.8 Å². The van der Waals surface area contributed by atoms with Gasteiger partial charge in [-0.3, -0.25) is 9.69 Å². The van der Waals surface area contributed by atoms with E-state index in [4.69, 9.17) is 9.47 Å². The topological polar surface area (TPSA) is 79.8 Å². The molecule has 0 atom stereocenters. The Labute approximate surface area is 170 Å². The highest BCUT2D eigenvalue weighted by molar-refractivity contribution is 5.93. The molecule has 1 aromatic heterocycles. The van der Waals surface area contributed by atoms with Crippen LogP contribution in [0.15, 0.2) is 30.6 Å². The number of hydrogen-bond acceptors (Lipinski definition) is 7. The molecule has 8 nitrogen and oxygen atoms in total. The molecule has 1 amide bonds. The van der Waals surface area contributed by atoms with Crippen molar-refractivity contribution in [3.63, 3.8) is 0 Å². The Bertz CT molecular complexity index is 865. The molecule has 4 rings (SSSR count). The maximum atomic E-state index is 12.8. The van der Waals surface area contributed by atoms with E-state index in [1.54, 1.807) is 6.07 Å². The highest BCUT2D eigenvalue weighted by Gasteiger charge is 2.24. The molecule has 0 radical (unpaired) electrons. The zero-order chi connectivity index (χ0) is 20.2. The fraction of sp³-hybridized carbons (Fsp3) is 0.476. The van der Waals surface area contributed by atoms with E-state index in [-0.39, 0.29) is 12.7 Å². The average Bonchev–Trinajstić information content (AvgIpc) is 3.20. The van der Waals surface area contributed by atoms with Gasteiger partial charge in [0.2, 0.25) is 6.79 Å². The van der Waals surface area contributed by atoms with Crippen molar-refractivity contribution in [3.05, 3.63) is 41.9 Å². The first-order valence-corrected chi connectivity index (χ1v) is 10.0. The molecule has 1 fully saturated rings. The molecule has 1 saturated heterocycles. The lowest BCUT2D eigenvalue weighted by atomic mass is 10.1. The van der Waals surface area contributed by atoms with E-state index in [9.17, 15) is 4.79 Å². The number of amides is 1. The Morgan fingerprint density at radius 3 is 2.69 bits per heavy atom. The number of nitrogens with one attached hydrogen (secondary N) is 1. The van der Waals surface area contributed by atoms with E-state index in [0.29, 0.717) is 30.5 Å². The first-order chi connectivity index (χ1) is 14.1. The Kier molecular flexibility index (Phi) is 5.80. The first-order valence-electron chi connectivity index (χ1n) is 10.0. The third-order valence-corrected chi connectivity index (χ3v) is 5.08. The van der Waals surface area contributed by atoms with Crippen LogP contribution in [0.2, 0.25) is 0 Å². The summed E-state index contributed by atoms with van der Waals surface area (Å²) < 4.78 is 10.8. The number of piperazine rings is 1. The Morgan fingerprint density at radius 1 is 1.10 bits per heavy atom. The van der Waals surface area contributed by atoms with E-state index in [1.165, 1.54) is 11.9 Å². The SMILES string of the molecule is CC(C)CNc1cc(C(=O)N2CCN(Cc3ccc4c(c3)OCO4)CC2)ncn1. The van der Waals surface area contributed by atoms with Crippen LogP contribution in [0.4, 0.5) is 5.82 Å². The lowest BCUT2D eigenvalue weighted by Gasteiger charge is -2.34. The van der Waals surface area contributed by atoms with E-state index in [2.05, 4.69) is 40.1 Å². The van der Waals surface area contributed by atoms with Crippen molar-refractivity contribution in [2.24, 2.45) is 5.92 Å². The van der Waals surface area contributed by atoms with Gasteiger partial charge in [0.25, 0.3) is 5.91 Å². The molecule has 0 saturated carbocycles. The molecule has 154 valence electrons. The van der Waals surface area contributed by atoms with Gasteiger partial charge in [0.05, 0.1) is 0 Å². The number of nitrogens with zero attached hydrogens (tertiary/aromatic N) is 4. The van der Waals surface area contributed by atoms with Crippen LogP contribution in [0.1, 0.15) is 29.9 Å². The molecule has 2 aromatic rings. The third kappa shape index (κ3) is 4.76. The van der Waals surface area contributed by atoms with Crippen LogP contribution in [-0.4, -0.2) is 65.2 Å². The maximum Gasteiger partial charge on any atom is 0.272 e. The van der Waals surface area contributed by atoms with Gasteiger partial charge in [0.1, 0.15) is 17.8 Å². The summed E-state index contributed by atoms with van der Waals surface area (Å²) in [5.74, 6) is 2.77. The molecular formula is C21H27N5O3. The largest absolute Gasteiger partial charge is 0.454 e. The summed E-state index contributed by atoms with van der Waals surface area (Å²) in [6.07, 6.45) is 1.45. The third-order valence-electron chi connectivity index (χ3n) is 5.08. The van der Waals surface area contributed by atoms with Gasteiger partial charge in [-0.2, -0.15) is 0 Å². The van der Waals surface area contributed by atoms with Gasteiger partial charge in [-0.05, 0) is 23.6 Å². The number of benzene rings is 1. The van der Waals surface area contributed by atoms with Gasteiger partial charge in [0.15, 0.2) is 11.5 Å². The number of aromatic nitrogens is 2. The smallest absolute Gasteiger partial charge is 0.272 e. The Balaban J connectivity index is 1.31. The molecule has 0 bridgehead atoms. The van der Waals surface area contributed by atoms with Crippen LogP contribution in [0.5, 0.6) is 11.5 Å². The fourth-order valence-electron chi connectivity index (χ4n) is 3.45. The van der Waals surface area contributed by atoms with E-state index >= 15 is 0 Å². The summed E-state index contributed by atoms with van der Waals surface area (Å²) in [6, 6.07) is 7.80. The zero-order valence-electron chi connectivity index (χ0n) is 16.9. The van der Waals surface area contributed by atoms with Crippen molar-refractivity contribution < 1.29 is 14.3 Å². The van der Waals surface area contributed by atoms with Gasteiger partial charge in [-0.1, -0.05) is 19.9 Å². The molecule has 1 aromatic carbocycles. The van der Waals surface area contributed by atoms with Gasteiger partial charge in [0, 0.05) is 45.3 Å². The maximum absolute atomic E-state index is 12.8. The lowest BCUT2D eigenvalue weighted by Crippen LogP contribution is -2.48. The van der Waals surface area contributed by atoms with Crippen LogP contribution in [0, 0.1) is 5.92 Å². The second kappa shape index (κ2) is 8.65. The molecule has 0 aliphatic carbocycles. The van der Waals surface area contributed by atoms with Crippen LogP contribution in [0.3, 0.4) is 0 Å². The zero-order valence-corrected chi connectivity index (χ0v) is 16.9. The van der Waals surface area contributed by atoms with Gasteiger partial charge >= 0.3 is 0 Å². The van der Waals surface area contributed by atoms with Crippen molar-refractivity contribution in [1.29, 1.82) is 0 Å². The van der Waals surface area contributed by atoms with E-state index in [0.717, 1.165) is 37.7 Å². The van der Waals surface area contributed by atoms with Crippen molar-refractivity contribution >= 4 is 11.7 Å². The summed E-state index contributed by atoms with van der Waals surface area (Å²) in [6.45, 7) is 9.19. The van der Waals surface area contributed by atoms with Crippen molar-refractivity contribution in [2.75, 3.05) is 44.8 Å². The minimum absolute atomic E-state index is 0.0391. The molecule has 1 N–H and O–H groups in total. The average molecular weight is 397 g/mol. The van der Waals surface area contributed by atoms with E-state index in [1.807, 2.05) is 17.0 Å². The van der Waals surface area contributed by atoms with Crippen LogP contribution >= 0.6 is 0 Å². The lowest BCUT2D eigenvalue weighted by molar-refractivity contribution is 0.0622. The molecule has 2 aliphatic rings. The number of fused-ring (bicyclic) bond motifs is 1. The normalized spacial score (nSPS) is 16.3. The number of carbonyl (C=O) groups is 1. The van der Waals surface area contributed by atoms with Crippen molar-refractivity contribution in [2.45, 2.75) is 20.4 Å². The predicted octanol–water partition coefficient (Wildman–Crippen LogP) is 2.23. The van der Waals surface area contributed by atoms with Crippen LogP contribution in [0.25, 0.3) is 0 Å². The summed E-state index contributed by atoms with van der Waals surface area (Å²) >= 11 is 0. The fourth-order valence-corrected chi connectivity index (χ4v) is 3.45. The highest BCUT2D eigenvalue weighted by atomic mass is 16.7. The molecule has 0 unspecified atom stereocenters. The number of carbonyl (C=O) groups excluding carboxylic acids is 1. The summed E-state index contributed by atoms with van der Waals surface area (Å²) in [5.41, 5.74) is 1.63. The predicted molar refractivity (Wildman–Crippen MR) is 109 cm³/mol. The molecule has 3 heterocycles. The number of rotatable bonds is 6. The minimum atomic E-state index is -0.0391. The van der Waals surface area contributed by atoms with E-state index < -0.39 is 0 Å². The van der Waals surface area contributed by atoms with Gasteiger partial charge in [-0.25, -0.2) is 9.97 Å². The molecule has 29 heavy (non-hydrogen) atoms. The Hall–Kier alpha value is -2.87. The standard InChI is InChI=1S/C21H27N5O3/c1-15(2)11-22-20-10-17(23-13-24-20)21(27)26-7-5-25(6-8-26)12-16-3-4-18-19(9-16)29-14-28-18/h3-4,9-10,13,15H,5-8,11-12,14H2,1-2H3,(H,22,23,24). The second-order valence-electron chi connectivity index (χ2n) is 7.82. The number of hydrogen-bond donors (Lipinski definition) is 1. The summed E-state index contributed by atoms with van der Waals surface area (Å²) in [7, 11) is 0. The van der Waals surface area contributed by atoms with Crippen molar-refractivity contribution in [3.8, 4) is 11.5 Å².